The Balaban J connectivity index is 1.92. The van der Waals surface area contributed by atoms with Crippen LogP contribution in [0.3, 0.4) is 0 Å². The number of hydrogen-bond acceptors (Lipinski definition) is 3. The summed E-state index contributed by atoms with van der Waals surface area (Å²) in [4.78, 5) is 30.8. The van der Waals surface area contributed by atoms with Crippen molar-refractivity contribution in [3.8, 4) is 0 Å². The molecule has 1 atom stereocenters. The highest BCUT2D eigenvalue weighted by Crippen LogP contribution is 2.46. The van der Waals surface area contributed by atoms with Crippen molar-refractivity contribution in [3.05, 3.63) is 24.3 Å². The number of benzene rings is 1. The number of hydrogen-bond donors (Lipinski definition) is 0. The SMILES string of the molecule is CCN1C(=O)C(C)(C(=O)N2CCC(C)CC2)Sc2ccccc21. The van der Waals surface area contributed by atoms with Crippen LogP contribution >= 0.6 is 11.8 Å². The van der Waals surface area contributed by atoms with Crippen LogP contribution in [0.1, 0.15) is 33.6 Å². The molecule has 0 saturated carbocycles. The summed E-state index contributed by atoms with van der Waals surface area (Å²) >= 11 is 1.41. The number of fused-ring (bicyclic) bond motifs is 1. The zero-order valence-corrected chi connectivity index (χ0v) is 14.9. The van der Waals surface area contributed by atoms with Crippen LogP contribution in [0, 0.1) is 5.92 Å². The molecule has 1 aromatic carbocycles. The molecule has 3 rings (SSSR count). The van der Waals surface area contributed by atoms with Crippen LogP contribution < -0.4 is 4.90 Å². The quantitative estimate of drug-likeness (QED) is 0.781. The fourth-order valence-electron chi connectivity index (χ4n) is 3.36. The molecule has 1 aromatic rings. The third-order valence-corrected chi connectivity index (χ3v) is 6.24. The summed E-state index contributed by atoms with van der Waals surface area (Å²) in [5, 5.41) is 0. The summed E-state index contributed by atoms with van der Waals surface area (Å²) in [7, 11) is 0. The van der Waals surface area contributed by atoms with Crippen LogP contribution in [0.4, 0.5) is 5.69 Å². The van der Waals surface area contributed by atoms with E-state index in [1.54, 1.807) is 11.8 Å². The lowest BCUT2D eigenvalue weighted by Crippen LogP contribution is -2.58. The molecule has 0 aromatic heterocycles. The maximum Gasteiger partial charge on any atom is 0.252 e. The van der Waals surface area contributed by atoms with Gasteiger partial charge in [-0.1, -0.05) is 30.8 Å². The lowest BCUT2D eigenvalue weighted by atomic mass is 9.97. The molecule has 1 saturated heterocycles. The molecule has 2 aliphatic heterocycles. The van der Waals surface area contributed by atoms with E-state index in [1.807, 2.05) is 36.1 Å². The zero-order chi connectivity index (χ0) is 16.6. The Morgan fingerprint density at radius 3 is 2.61 bits per heavy atom. The van der Waals surface area contributed by atoms with Gasteiger partial charge in [-0.25, -0.2) is 0 Å². The second kappa shape index (κ2) is 6.19. The molecule has 0 radical (unpaired) electrons. The highest BCUT2D eigenvalue weighted by molar-refractivity contribution is 8.02. The number of anilines is 1. The Labute approximate surface area is 142 Å². The van der Waals surface area contributed by atoms with E-state index in [4.69, 9.17) is 0 Å². The van der Waals surface area contributed by atoms with Gasteiger partial charge in [-0.05, 0) is 44.7 Å². The number of carbonyl (C=O) groups is 2. The molecule has 2 amide bonds. The first kappa shape index (κ1) is 16.4. The summed E-state index contributed by atoms with van der Waals surface area (Å²) in [5.41, 5.74) is 0.919. The molecule has 5 heteroatoms. The first-order valence-corrected chi connectivity index (χ1v) is 9.18. The lowest BCUT2D eigenvalue weighted by molar-refractivity contribution is -0.139. The van der Waals surface area contributed by atoms with Crippen molar-refractivity contribution in [2.75, 3.05) is 24.5 Å². The zero-order valence-electron chi connectivity index (χ0n) is 14.0. The molecule has 23 heavy (non-hydrogen) atoms. The van der Waals surface area contributed by atoms with Crippen molar-refractivity contribution >= 4 is 29.3 Å². The van der Waals surface area contributed by atoms with E-state index in [1.165, 1.54) is 11.8 Å². The minimum absolute atomic E-state index is 0.0349. The number of piperidine rings is 1. The van der Waals surface area contributed by atoms with E-state index >= 15 is 0 Å². The normalized spacial score (nSPS) is 25.4. The summed E-state index contributed by atoms with van der Waals surface area (Å²) in [6, 6.07) is 7.85. The number of carbonyl (C=O) groups excluding carboxylic acids is 2. The predicted octanol–water partition coefficient (Wildman–Crippen LogP) is 3.16. The Morgan fingerprint density at radius 2 is 1.96 bits per heavy atom. The average molecular weight is 332 g/mol. The topological polar surface area (TPSA) is 40.6 Å². The van der Waals surface area contributed by atoms with Crippen LogP contribution in [0.2, 0.25) is 0 Å². The van der Waals surface area contributed by atoms with Gasteiger partial charge in [-0.3, -0.25) is 9.59 Å². The smallest absolute Gasteiger partial charge is 0.252 e. The van der Waals surface area contributed by atoms with E-state index in [0.29, 0.717) is 12.5 Å². The molecule has 124 valence electrons. The molecule has 0 N–H and O–H groups in total. The number of amides is 2. The summed E-state index contributed by atoms with van der Waals surface area (Å²) < 4.78 is -1.05. The fraction of sp³-hybridized carbons (Fsp3) is 0.556. The molecular formula is C18H24N2O2S. The Hall–Kier alpha value is -1.49. The average Bonchev–Trinajstić information content (AvgIpc) is 2.56. The molecule has 4 nitrogen and oxygen atoms in total. The number of nitrogens with zero attached hydrogens (tertiary/aromatic N) is 2. The lowest BCUT2D eigenvalue weighted by Gasteiger charge is -2.42. The molecule has 0 bridgehead atoms. The molecule has 1 unspecified atom stereocenters. The maximum atomic E-state index is 13.1. The van der Waals surface area contributed by atoms with Crippen molar-refractivity contribution in [2.45, 2.75) is 43.3 Å². The monoisotopic (exact) mass is 332 g/mol. The van der Waals surface area contributed by atoms with Crippen LogP contribution in [-0.4, -0.2) is 41.1 Å². The molecule has 2 heterocycles. The summed E-state index contributed by atoms with van der Waals surface area (Å²) in [5.74, 6) is 0.536. The highest BCUT2D eigenvalue weighted by atomic mass is 32.2. The molecule has 0 aliphatic carbocycles. The first-order valence-electron chi connectivity index (χ1n) is 8.36. The molecular weight excluding hydrogens is 308 g/mol. The molecule has 2 aliphatic rings. The van der Waals surface area contributed by atoms with Gasteiger partial charge >= 0.3 is 0 Å². The Bertz CT molecular complexity index is 625. The van der Waals surface area contributed by atoms with Gasteiger partial charge in [0, 0.05) is 24.5 Å². The van der Waals surface area contributed by atoms with Crippen LogP contribution in [0.15, 0.2) is 29.2 Å². The maximum absolute atomic E-state index is 13.1. The highest BCUT2D eigenvalue weighted by Gasteiger charge is 2.50. The number of likely N-dealkylation sites (tertiary alicyclic amines) is 1. The Kier molecular flexibility index (Phi) is 4.41. The largest absolute Gasteiger partial charge is 0.341 e. The van der Waals surface area contributed by atoms with Crippen molar-refractivity contribution in [2.24, 2.45) is 5.92 Å². The van der Waals surface area contributed by atoms with E-state index in [-0.39, 0.29) is 11.8 Å². The number of para-hydroxylation sites is 1. The fourth-order valence-corrected chi connectivity index (χ4v) is 4.64. The summed E-state index contributed by atoms with van der Waals surface area (Å²) in [6.45, 7) is 8.07. The van der Waals surface area contributed by atoms with E-state index in [2.05, 4.69) is 6.92 Å². The number of rotatable bonds is 2. The van der Waals surface area contributed by atoms with Crippen LogP contribution in [-0.2, 0) is 9.59 Å². The van der Waals surface area contributed by atoms with Gasteiger partial charge in [0.15, 0.2) is 4.75 Å². The molecule has 0 spiro atoms. The minimum atomic E-state index is -1.05. The van der Waals surface area contributed by atoms with E-state index in [0.717, 1.165) is 36.5 Å². The Morgan fingerprint density at radius 1 is 1.30 bits per heavy atom. The van der Waals surface area contributed by atoms with Gasteiger partial charge < -0.3 is 9.80 Å². The second-order valence-electron chi connectivity index (χ2n) is 6.63. The van der Waals surface area contributed by atoms with Crippen molar-refractivity contribution in [1.29, 1.82) is 0 Å². The first-order chi connectivity index (χ1) is 11.0. The molecule has 1 fully saturated rings. The van der Waals surface area contributed by atoms with Crippen LogP contribution in [0.25, 0.3) is 0 Å². The van der Waals surface area contributed by atoms with Crippen molar-refractivity contribution < 1.29 is 9.59 Å². The van der Waals surface area contributed by atoms with Gasteiger partial charge in [-0.2, -0.15) is 0 Å². The van der Waals surface area contributed by atoms with Crippen molar-refractivity contribution in [1.82, 2.24) is 4.90 Å². The predicted molar refractivity (Wildman–Crippen MR) is 93.7 cm³/mol. The second-order valence-corrected chi connectivity index (χ2v) is 8.09. The summed E-state index contributed by atoms with van der Waals surface area (Å²) in [6.07, 6.45) is 2.05. The van der Waals surface area contributed by atoms with Crippen LogP contribution in [0.5, 0.6) is 0 Å². The van der Waals surface area contributed by atoms with E-state index in [9.17, 15) is 9.59 Å². The number of thioether (sulfide) groups is 1. The van der Waals surface area contributed by atoms with E-state index < -0.39 is 4.75 Å². The standard InChI is InChI=1S/C18H24N2O2S/c1-4-20-14-7-5-6-8-15(14)23-18(3,17(20)22)16(21)19-11-9-13(2)10-12-19/h5-8,13H,4,9-12H2,1-3H3. The third kappa shape index (κ3) is 2.75. The van der Waals surface area contributed by atoms with Gasteiger partial charge in [0.2, 0.25) is 5.91 Å². The van der Waals surface area contributed by atoms with Gasteiger partial charge in [0.1, 0.15) is 0 Å². The van der Waals surface area contributed by atoms with Crippen molar-refractivity contribution in [3.63, 3.8) is 0 Å². The third-order valence-electron chi connectivity index (χ3n) is 4.92. The van der Waals surface area contributed by atoms with Gasteiger partial charge in [-0.15, -0.1) is 0 Å². The van der Waals surface area contributed by atoms with Gasteiger partial charge in [0.05, 0.1) is 5.69 Å². The minimum Gasteiger partial charge on any atom is -0.341 e. The van der Waals surface area contributed by atoms with Gasteiger partial charge in [0.25, 0.3) is 5.91 Å².